The Morgan fingerprint density at radius 2 is 2.23 bits per heavy atom. The quantitative estimate of drug-likeness (QED) is 0.693. The maximum absolute atomic E-state index is 11.1. The van der Waals surface area contributed by atoms with E-state index in [1.165, 1.54) is 5.56 Å². The number of fused-ring (bicyclic) bond motifs is 1. The van der Waals surface area contributed by atoms with Crippen molar-refractivity contribution >= 4 is 17.7 Å². The molecule has 13 heavy (non-hydrogen) atoms. The normalized spacial score (nSPS) is 14.6. The Labute approximate surface area is 77.3 Å². The van der Waals surface area contributed by atoms with Crippen LogP contribution in [0.2, 0.25) is 0 Å². The molecule has 1 aliphatic rings. The van der Waals surface area contributed by atoms with Crippen LogP contribution in [0, 0.1) is 0 Å². The first kappa shape index (κ1) is 8.05. The van der Waals surface area contributed by atoms with Gasteiger partial charge in [0.15, 0.2) is 0 Å². The molecule has 0 fully saturated rings. The van der Waals surface area contributed by atoms with Crippen molar-refractivity contribution < 1.29 is 4.79 Å². The zero-order valence-corrected chi connectivity index (χ0v) is 7.34. The fourth-order valence-electron chi connectivity index (χ4n) is 1.64. The smallest absolute Gasteiger partial charge is 0.224 e. The van der Waals surface area contributed by atoms with Crippen LogP contribution in [0.5, 0.6) is 0 Å². The standard InChI is InChI=1S/C11H11NO/c1-2-8-4-3-5-10-9(8)6-7-11(13)12-10/h2-5H,1,6-7H2,(H,12,13). The average molecular weight is 173 g/mol. The fourth-order valence-corrected chi connectivity index (χ4v) is 1.64. The molecule has 2 nitrogen and oxygen atoms in total. The molecule has 0 saturated heterocycles. The summed E-state index contributed by atoms with van der Waals surface area (Å²) < 4.78 is 0. The number of nitrogens with one attached hydrogen (secondary N) is 1. The van der Waals surface area contributed by atoms with Crippen molar-refractivity contribution in [2.45, 2.75) is 12.8 Å². The number of amides is 1. The lowest BCUT2D eigenvalue weighted by atomic mass is 9.97. The van der Waals surface area contributed by atoms with E-state index in [2.05, 4.69) is 11.9 Å². The third kappa shape index (κ3) is 1.35. The van der Waals surface area contributed by atoms with E-state index in [9.17, 15) is 4.79 Å². The second-order valence-corrected chi connectivity index (χ2v) is 3.13. The number of benzene rings is 1. The van der Waals surface area contributed by atoms with Crippen molar-refractivity contribution in [2.75, 3.05) is 5.32 Å². The molecule has 1 heterocycles. The third-order valence-corrected chi connectivity index (χ3v) is 2.31. The minimum absolute atomic E-state index is 0.105. The Morgan fingerprint density at radius 1 is 1.38 bits per heavy atom. The summed E-state index contributed by atoms with van der Waals surface area (Å²) in [6.45, 7) is 3.75. The molecule has 0 unspecified atom stereocenters. The molecule has 1 amide bonds. The molecule has 0 spiro atoms. The minimum atomic E-state index is 0.105. The summed E-state index contributed by atoms with van der Waals surface area (Å²) in [6, 6.07) is 5.88. The molecule has 1 N–H and O–H groups in total. The highest BCUT2D eigenvalue weighted by Crippen LogP contribution is 2.26. The summed E-state index contributed by atoms with van der Waals surface area (Å²) in [7, 11) is 0. The number of anilines is 1. The lowest BCUT2D eigenvalue weighted by Crippen LogP contribution is -2.19. The number of carbonyl (C=O) groups excluding carboxylic acids is 1. The molecule has 1 aromatic carbocycles. The van der Waals surface area contributed by atoms with E-state index in [0.717, 1.165) is 17.7 Å². The molecule has 0 aromatic heterocycles. The van der Waals surface area contributed by atoms with Gasteiger partial charge >= 0.3 is 0 Å². The van der Waals surface area contributed by atoms with Crippen molar-refractivity contribution in [1.82, 2.24) is 0 Å². The number of hydrogen-bond acceptors (Lipinski definition) is 1. The van der Waals surface area contributed by atoms with Crippen molar-refractivity contribution in [2.24, 2.45) is 0 Å². The molecule has 66 valence electrons. The number of rotatable bonds is 1. The Morgan fingerprint density at radius 3 is 3.00 bits per heavy atom. The van der Waals surface area contributed by atoms with Gasteiger partial charge in [-0.25, -0.2) is 0 Å². The Balaban J connectivity index is 2.51. The van der Waals surface area contributed by atoms with Crippen LogP contribution in [-0.2, 0) is 11.2 Å². The lowest BCUT2D eigenvalue weighted by Gasteiger charge is -2.18. The van der Waals surface area contributed by atoms with Crippen LogP contribution in [0.4, 0.5) is 5.69 Å². The average Bonchev–Trinajstić information content (AvgIpc) is 2.16. The van der Waals surface area contributed by atoms with Gasteiger partial charge in [0.1, 0.15) is 0 Å². The lowest BCUT2D eigenvalue weighted by molar-refractivity contribution is -0.116. The summed E-state index contributed by atoms with van der Waals surface area (Å²) in [5.74, 6) is 0.105. The van der Waals surface area contributed by atoms with Gasteiger partial charge in [-0.1, -0.05) is 24.8 Å². The summed E-state index contributed by atoms with van der Waals surface area (Å²) >= 11 is 0. The van der Waals surface area contributed by atoms with Gasteiger partial charge < -0.3 is 5.32 Å². The SMILES string of the molecule is C=Cc1cccc2c1CCC(=O)N2. The van der Waals surface area contributed by atoms with Crippen molar-refractivity contribution in [3.8, 4) is 0 Å². The zero-order chi connectivity index (χ0) is 9.26. The fraction of sp³-hybridized carbons (Fsp3) is 0.182. The summed E-state index contributed by atoms with van der Waals surface area (Å²) in [5, 5.41) is 2.85. The first-order valence-electron chi connectivity index (χ1n) is 4.35. The maximum atomic E-state index is 11.1. The van der Waals surface area contributed by atoms with Crippen LogP contribution < -0.4 is 5.32 Å². The van der Waals surface area contributed by atoms with E-state index in [4.69, 9.17) is 0 Å². The first-order chi connectivity index (χ1) is 6.31. The Bertz CT molecular complexity index is 368. The van der Waals surface area contributed by atoms with E-state index in [1.54, 1.807) is 0 Å². The van der Waals surface area contributed by atoms with Crippen LogP contribution >= 0.6 is 0 Å². The van der Waals surface area contributed by atoms with Crippen molar-refractivity contribution in [1.29, 1.82) is 0 Å². The van der Waals surface area contributed by atoms with E-state index in [0.29, 0.717) is 6.42 Å². The number of hydrogen-bond donors (Lipinski definition) is 1. The Kier molecular flexibility index (Phi) is 1.89. The first-order valence-corrected chi connectivity index (χ1v) is 4.35. The predicted molar refractivity (Wildman–Crippen MR) is 53.5 cm³/mol. The summed E-state index contributed by atoms with van der Waals surface area (Å²) in [6.07, 6.45) is 3.23. The summed E-state index contributed by atoms with van der Waals surface area (Å²) in [4.78, 5) is 11.1. The highest BCUT2D eigenvalue weighted by atomic mass is 16.1. The molecule has 1 aliphatic heterocycles. The maximum Gasteiger partial charge on any atom is 0.224 e. The van der Waals surface area contributed by atoms with Gasteiger partial charge in [-0.15, -0.1) is 0 Å². The Hall–Kier alpha value is -1.57. The van der Waals surface area contributed by atoms with Gasteiger partial charge in [0, 0.05) is 12.1 Å². The van der Waals surface area contributed by atoms with Crippen LogP contribution in [0.1, 0.15) is 17.5 Å². The minimum Gasteiger partial charge on any atom is -0.326 e. The third-order valence-electron chi connectivity index (χ3n) is 2.31. The van der Waals surface area contributed by atoms with Gasteiger partial charge in [-0.3, -0.25) is 4.79 Å². The van der Waals surface area contributed by atoms with Crippen LogP contribution in [0.25, 0.3) is 6.08 Å². The second kappa shape index (κ2) is 3.05. The van der Waals surface area contributed by atoms with Gasteiger partial charge in [-0.2, -0.15) is 0 Å². The molecule has 0 saturated carbocycles. The van der Waals surface area contributed by atoms with E-state index in [1.807, 2.05) is 24.3 Å². The highest BCUT2D eigenvalue weighted by Gasteiger charge is 2.15. The molecule has 0 aliphatic carbocycles. The van der Waals surface area contributed by atoms with Crippen molar-refractivity contribution in [3.63, 3.8) is 0 Å². The van der Waals surface area contributed by atoms with E-state index in [-0.39, 0.29) is 5.91 Å². The van der Waals surface area contributed by atoms with Gasteiger partial charge in [-0.05, 0) is 23.6 Å². The second-order valence-electron chi connectivity index (χ2n) is 3.13. The molecular weight excluding hydrogens is 162 g/mol. The monoisotopic (exact) mass is 173 g/mol. The molecular formula is C11H11NO. The molecule has 0 atom stereocenters. The predicted octanol–water partition coefficient (Wildman–Crippen LogP) is 2.21. The largest absolute Gasteiger partial charge is 0.326 e. The van der Waals surface area contributed by atoms with E-state index >= 15 is 0 Å². The highest BCUT2D eigenvalue weighted by molar-refractivity contribution is 5.94. The molecule has 2 heteroatoms. The van der Waals surface area contributed by atoms with Crippen molar-refractivity contribution in [3.05, 3.63) is 35.9 Å². The molecule has 1 aromatic rings. The zero-order valence-electron chi connectivity index (χ0n) is 7.34. The molecule has 0 radical (unpaired) electrons. The van der Waals surface area contributed by atoms with Crippen LogP contribution in [0.15, 0.2) is 24.8 Å². The van der Waals surface area contributed by atoms with Gasteiger partial charge in [0.25, 0.3) is 0 Å². The van der Waals surface area contributed by atoms with Gasteiger partial charge in [0.05, 0.1) is 0 Å². The number of carbonyl (C=O) groups is 1. The molecule has 0 bridgehead atoms. The van der Waals surface area contributed by atoms with E-state index < -0.39 is 0 Å². The van der Waals surface area contributed by atoms with Crippen LogP contribution in [-0.4, -0.2) is 5.91 Å². The molecule has 2 rings (SSSR count). The van der Waals surface area contributed by atoms with Crippen LogP contribution in [0.3, 0.4) is 0 Å². The van der Waals surface area contributed by atoms with Gasteiger partial charge in [0.2, 0.25) is 5.91 Å². The topological polar surface area (TPSA) is 29.1 Å². The summed E-state index contributed by atoms with van der Waals surface area (Å²) in [5.41, 5.74) is 3.27.